The van der Waals surface area contributed by atoms with Crippen LogP contribution < -0.4 is 10.0 Å². The number of amides is 1. The number of benzene rings is 2. The molecule has 164 valence electrons. The minimum atomic E-state index is -3.59. The van der Waals surface area contributed by atoms with Crippen molar-refractivity contribution in [3.63, 3.8) is 0 Å². The van der Waals surface area contributed by atoms with Crippen molar-refractivity contribution in [3.8, 4) is 11.4 Å². The van der Waals surface area contributed by atoms with Gasteiger partial charge in [0.15, 0.2) is 0 Å². The first-order chi connectivity index (χ1) is 14.7. The molecule has 3 rings (SSSR count). The van der Waals surface area contributed by atoms with Crippen molar-refractivity contribution in [1.82, 2.24) is 20.2 Å². The fourth-order valence-electron chi connectivity index (χ4n) is 2.78. The Hall–Kier alpha value is -2.75. The molecule has 0 fully saturated rings. The first-order valence-electron chi connectivity index (χ1n) is 9.69. The minimum absolute atomic E-state index is 0.161. The van der Waals surface area contributed by atoms with Gasteiger partial charge in [-0.1, -0.05) is 28.9 Å². The van der Waals surface area contributed by atoms with E-state index in [1.807, 2.05) is 0 Å². The van der Waals surface area contributed by atoms with Gasteiger partial charge in [-0.05, 0) is 55.8 Å². The Labute approximate surface area is 186 Å². The second kappa shape index (κ2) is 10.0. The van der Waals surface area contributed by atoms with Crippen molar-refractivity contribution in [3.05, 3.63) is 65.0 Å². The molecular weight excluding hydrogens is 440 g/mol. The summed E-state index contributed by atoms with van der Waals surface area (Å²) in [6, 6.07) is 13.3. The van der Waals surface area contributed by atoms with E-state index in [1.54, 1.807) is 56.3 Å². The molecule has 8 nitrogen and oxygen atoms in total. The molecule has 1 amide bonds. The molecule has 0 unspecified atom stereocenters. The van der Waals surface area contributed by atoms with E-state index in [0.717, 1.165) is 5.56 Å². The maximum absolute atomic E-state index is 12.3. The van der Waals surface area contributed by atoms with Crippen LogP contribution >= 0.6 is 11.6 Å². The molecule has 1 aromatic heterocycles. The van der Waals surface area contributed by atoms with Crippen LogP contribution in [-0.2, 0) is 27.8 Å². The number of hydrogen-bond donors (Lipinski definition) is 2. The number of hydrogen-bond acceptors (Lipinski definition) is 6. The van der Waals surface area contributed by atoms with Crippen LogP contribution in [0, 0.1) is 0 Å². The Balaban J connectivity index is 1.52. The number of sulfonamides is 1. The zero-order valence-electron chi connectivity index (χ0n) is 17.1. The summed E-state index contributed by atoms with van der Waals surface area (Å²) in [5, 5.41) is 7.31. The van der Waals surface area contributed by atoms with Gasteiger partial charge in [0.25, 0.3) is 0 Å². The maximum Gasteiger partial charge on any atom is 0.240 e. The predicted molar refractivity (Wildman–Crippen MR) is 117 cm³/mol. The Morgan fingerprint density at radius 2 is 1.90 bits per heavy atom. The molecule has 0 bridgehead atoms. The van der Waals surface area contributed by atoms with Crippen LogP contribution in [0.2, 0.25) is 5.02 Å². The number of rotatable bonds is 9. The van der Waals surface area contributed by atoms with E-state index in [-0.39, 0.29) is 29.8 Å². The van der Waals surface area contributed by atoms with E-state index in [0.29, 0.717) is 28.7 Å². The van der Waals surface area contributed by atoms with E-state index in [1.165, 1.54) is 6.07 Å². The van der Waals surface area contributed by atoms with Crippen molar-refractivity contribution >= 4 is 27.5 Å². The summed E-state index contributed by atoms with van der Waals surface area (Å²) in [6.07, 6.45) is 0.453. The van der Waals surface area contributed by atoms with Crippen LogP contribution in [0.4, 0.5) is 0 Å². The monoisotopic (exact) mass is 462 g/mol. The molecule has 0 saturated heterocycles. The molecule has 0 radical (unpaired) electrons. The van der Waals surface area contributed by atoms with Crippen LogP contribution in [0.25, 0.3) is 11.4 Å². The number of aromatic nitrogens is 2. The Morgan fingerprint density at radius 3 is 2.61 bits per heavy atom. The first kappa shape index (κ1) is 22.9. The number of carbonyl (C=O) groups excluding carboxylic acids is 1. The van der Waals surface area contributed by atoms with Crippen LogP contribution in [0.15, 0.2) is 57.9 Å². The number of nitrogens with one attached hydrogen (secondary N) is 2. The van der Waals surface area contributed by atoms with Gasteiger partial charge in [0, 0.05) is 36.0 Å². The van der Waals surface area contributed by atoms with Crippen LogP contribution in [-0.4, -0.2) is 30.5 Å². The highest BCUT2D eigenvalue weighted by molar-refractivity contribution is 7.89. The lowest BCUT2D eigenvalue weighted by molar-refractivity contribution is -0.121. The molecule has 0 spiro atoms. The standard InChI is InChI=1S/C21H23ClN4O4S/c1-14(2)26-31(28,29)18-5-3-4-15(12-18)13-23-19(27)10-11-20-24-21(25-30-20)16-6-8-17(22)9-7-16/h3-9,12,14,26H,10-11,13H2,1-2H3,(H,23,27). The van der Waals surface area contributed by atoms with Crippen molar-refractivity contribution in [1.29, 1.82) is 0 Å². The normalized spacial score (nSPS) is 11.6. The summed E-state index contributed by atoms with van der Waals surface area (Å²) in [4.78, 5) is 16.6. The zero-order chi connectivity index (χ0) is 22.4. The summed E-state index contributed by atoms with van der Waals surface area (Å²) < 4.78 is 32.3. The molecule has 31 heavy (non-hydrogen) atoms. The van der Waals surface area contributed by atoms with Gasteiger partial charge in [-0.15, -0.1) is 0 Å². The number of nitrogens with zero attached hydrogens (tertiary/aromatic N) is 2. The Bertz CT molecular complexity index is 1140. The van der Waals surface area contributed by atoms with Gasteiger partial charge in [0.1, 0.15) is 0 Å². The van der Waals surface area contributed by atoms with E-state index >= 15 is 0 Å². The second-order valence-electron chi connectivity index (χ2n) is 7.22. The lowest BCUT2D eigenvalue weighted by Gasteiger charge is -2.11. The molecular formula is C21H23ClN4O4S. The van der Waals surface area contributed by atoms with E-state index in [2.05, 4.69) is 20.2 Å². The van der Waals surface area contributed by atoms with Crippen molar-refractivity contribution in [2.75, 3.05) is 0 Å². The van der Waals surface area contributed by atoms with Gasteiger partial charge < -0.3 is 9.84 Å². The summed E-state index contributed by atoms with van der Waals surface area (Å²) >= 11 is 5.87. The fourth-order valence-corrected chi connectivity index (χ4v) is 4.23. The Kier molecular flexibility index (Phi) is 7.42. The molecule has 0 atom stereocenters. The molecule has 2 aromatic carbocycles. The zero-order valence-corrected chi connectivity index (χ0v) is 18.7. The molecule has 1 heterocycles. The van der Waals surface area contributed by atoms with Crippen molar-refractivity contribution in [2.24, 2.45) is 0 Å². The van der Waals surface area contributed by atoms with Crippen molar-refractivity contribution < 1.29 is 17.7 Å². The smallest absolute Gasteiger partial charge is 0.240 e. The van der Waals surface area contributed by atoms with Gasteiger partial charge in [-0.3, -0.25) is 4.79 Å². The highest BCUT2D eigenvalue weighted by atomic mass is 35.5. The molecule has 10 heteroatoms. The molecule has 2 N–H and O–H groups in total. The summed E-state index contributed by atoms with van der Waals surface area (Å²) in [5.74, 6) is 0.577. The van der Waals surface area contributed by atoms with Gasteiger partial charge in [0.05, 0.1) is 4.90 Å². The molecule has 3 aromatic rings. The highest BCUT2D eigenvalue weighted by Gasteiger charge is 2.16. The third kappa shape index (κ3) is 6.61. The average molecular weight is 463 g/mol. The molecule has 0 aliphatic carbocycles. The summed E-state index contributed by atoms with van der Waals surface area (Å²) in [6.45, 7) is 3.72. The quantitative estimate of drug-likeness (QED) is 0.504. The Morgan fingerprint density at radius 1 is 1.16 bits per heavy atom. The van der Waals surface area contributed by atoms with Crippen LogP contribution in [0.5, 0.6) is 0 Å². The third-order valence-corrected chi connectivity index (χ3v) is 6.13. The van der Waals surface area contributed by atoms with Crippen molar-refractivity contribution in [2.45, 2.75) is 44.2 Å². The fraction of sp³-hybridized carbons (Fsp3) is 0.286. The van der Waals surface area contributed by atoms with E-state index in [9.17, 15) is 13.2 Å². The summed E-state index contributed by atoms with van der Waals surface area (Å²) in [5.41, 5.74) is 1.45. The number of carbonyl (C=O) groups is 1. The number of aryl methyl sites for hydroxylation is 1. The third-order valence-electron chi connectivity index (χ3n) is 4.23. The summed E-state index contributed by atoms with van der Waals surface area (Å²) in [7, 11) is -3.59. The average Bonchev–Trinajstić information content (AvgIpc) is 3.19. The van der Waals surface area contributed by atoms with Gasteiger partial charge >= 0.3 is 0 Å². The lowest BCUT2D eigenvalue weighted by atomic mass is 10.2. The van der Waals surface area contributed by atoms with Crippen LogP contribution in [0.1, 0.15) is 31.7 Å². The second-order valence-corrected chi connectivity index (χ2v) is 9.37. The topological polar surface area (TPSA) is 114 Å². The minimum Gasteiger partial charge on any atom is -0.352 e. The predicted octanol–water partition coefficient (Wildman–Crippen LogP) is 3.33. The lowest BCUT2D eigenvalue weighted by Crippen LogP contribution is -2.30. The van der Waals surface area contributed by atoms with Crippen LogP contribution in [0.3, 0.4) is 0 Å². The largest absolute Gasteiger partial charge is 0.352 e. The van der Waals surface area contributed by atoms with Gasteiger partial charge in [-0.2, -0.15) is 4.98 Å². The molecule has 0 aliphatic heterocycles. The number of halogens is 1. The SMILES string of the molecule is CC(C)NS(=O)(=O)c1cccc(CNC(=O)CCc2nc(-c3ccc(Cl)cc3)no2)c1. The molecule has 0 saturated carbocycles. The first-order valence-corrected chi connectivity index (χ1v) is 11.6. The van der Waals surface area contributed by atoms with Gasteiger partial charge in [-0.25, -0.2) is 13.1 Å². The highest BCUT2D eigenvalue weighted by Crippen LogP contribution is 2.19. The maximum atomic E-state index is 12.3. The van der Waals surface area contributed by atoms with E-state index < -0.39 is 10.0 Å². The molecule has 0 aliphatic rings. The van der Waals surface area contributed by atoms with E-state index in [4.69, 9.17) is 16.1 Å². The van der Waals surface area contributed by atoms with Gasteiger partial charge in [0.2, 0.25) is 27.6 Å².